The van der Waals surface area contributed by atoms with Crippen LogP contribution < -0.4 is 11.1 Å². The standard InChI is InChI=1S/C14H20N4OS/c1-3-9-8-10-11(16-13(15)17-12(10)20-9)18-14(2)4-6-19-7-5-14/h8H,3-7H2,1-2H3,(H3,15,16,17,18). The summed E-state index contributed by atoms with van der Waals surface area (Å²) >= 11 is 1.69. The molecule has 0 radical (unpaired) electrons. The summed E-state index contributed by atoms with van der Waals surface area (Å²) in [6.07, 6.45) is 2.96. The largest absolute Gasteiger partial charge is 0.381 e. The Morgan fingerprint density at radius 2 is 2.15 bits per heavy atom. The molecule has 0 saturated carbocycles. The smallest absolute Gasteiger partial charge is 0.223 e. The van der Waals surface area contributed by atoms with Crippen LogP contribution in [0.2, 0.25) is 0 Å². The second kappa shape index (κ2) is 5.18. The quantitative estimate of drug-likeness (QED) is 0.910. The summed E-state index contributed by atoms with van der Waals surface area (Å²) in [6, 6.07) is 2.17. The molecule has 1 saturated heterocycles. The third-order valence-electron chi connectivity index (χ3n) is 3.83. The highest BCUT2D eigenvalue weighted by Crippen LogP contribution is 2.33. The molecular formula is C14H20N4OS. The first-order valence-corrected chi connectivity index (χ1v) is 7.83. The lowest BCUT2D eigenvalue weighted by Crippen LogP contribution is -2.41. The highest BCUT2D eigenvalue weighted by Gasteiger charge is 2.28. The predicted molar refractivity (Wildman–Crippen MR) is 83.3 cm³/mol. The molecule has 108 valence electrons. The minimum absolute atomic E-state index is 0.0142. The molecule has 0 unspecified atom stereocenters. The van der Waals surface area contributed by atoms with Crippen molar-refractivity contribution in [1.29, 1.82) is 0 Å². The Morgan fingerprint density at radius 1 is 1.40 bits per heavy atom. The van der Waals surface area contributed by atoms with E-state index in [-0.39, 0.29) is 5.54 Å². The fourth-order valence-electron chi connectivity index (χ4n) is 2.49. The molecule has 6 heteroatoms. The molecule has 0 atom stereocenters. The van der Waals surface area contributed by atoms with Gasteiger partial charge in [-0.1, -0.05) is 6.92 Å². The van der Waals surface area contributed by atoms with Crippen molar-refractivity contribution in [1.82, 2.24) is 9.97 Å². The highest BCUT2D eigenvalue weighted by molar-refractivity contribution is 7.18. The summed E-state index contributed by atoms with van der Waals surface area (Å²) in [7, 11) is 0. The van der Waals surface area contributed by atoms with Crippen molar-refractivity contribution >= 4 is 33.3 Å². The van der Waals surface area contributed by atoms with Crippen molar-refractivity contribution in [3.05, 3.63) is 10.9 Å². The molecule has 20 heavy (non-hydrogen) atoms. The van der Waals surface area contributed by atoms with Crippen molar-refractivity contribution in [3.8, 4) is 0 Å². The molecule has 2 aromatic rings. The van der Waals surface area contributed by atoms with Crippen LogP contribution in [0.5, 0.6) is 0 Å². The Bertz CT molecular complexity index is 619. The van der Waals surface area contributed by atoms with E-state index in [0.717, 1.165) is 48.5 Å². The Morgan fingerprint density at radius 3 is 2.85 bits per heavy atom. The van der Waals surface area contributed by atoms with Gasteiger partial charge in [-0.15, -0.1) is 11.3 Å². The van der Waals surface area contributed by atoms with Crippen LogP contribution in [-0.2, 0) is 11.2 Å². The average Bonchev–Trinajstić information content (AvgIpc) is 2.82. The molecular weight excluding hydrogens is 272 g/mol. The van der Waals surface area contributed by atoms with Gasteiger partial charge in [0, 0.05) is 23.6 Å². The van der Waals surface area contributed by atoms with Crippen LogP contribution in [0.4, 0.5) is 11.8 Å². The Balaban J connectivity index is 1.99. The highest BCUT2D eigenvalue weighted by atomic mass is 32.1. The van der Waals surface area contributed by atoms with Crippen LogP contribution >= 0.6 is 11.3 Å². The number of fused-ring (bicyclic) bond motifs is 1. The van der Waals surface area contributed by atoms with E-state index in [1.165, 1.54) is 4.88 Å². The normalized spacial score (nSPS) is 18.3. The fourth-order valence-corrected chi connectivity index (χ4v) is 3.46. The second-order valence-electron chi connectivity index (χ2n) is 5.51. The second-order valence-corrected chi connectivity index (χ2v) is 6.63. The number of nitrogens with two attached hydrogens (primary N) is 1. The van der Waals surface area contributed by atoms with E-state index in [4.69, 9.17) is 10.5 Å². The zero-order valence-corrected chi connectivity index (χ0v) is 12.7. The van der Waals surface area contributed by atoms with Crippen molar-refractivity contribution in [2.45, 2.75) is 38.6 Å². The number of nitrogens with one attached hydrogen (secondary N) is 1. The number of thiophene rings is 1. The van der Waals surface area contributed by atoms with Crippen LogP contribution in [-0.4, -0.2) is 28.7 Å². The number of hydrogen-bond acceptors (Lipinski definition) is 6. The first-order valence-electron chi connectivity index (χ1n) is 7.01. The van der Waals surface area contributed by atoms with E-state index >= 15 is 0 Å². The molecule has 1 aliphatic rings. The zero-order valence-electron chi connectivity index (χ0n) is 11.9. The maximum atomic E-state index is 5.84. The van der Waals surface area contributed by atoms with Gasteiger partial charge in [0.05, 0.1) is 5.39 Å². The molecule has 0 aliphatic carbocycles. The number of nitrogen functional groups attached to an aromatic ring is 1. The monoisotopic (exact) mass is 292 g/mol. The summed E-state index contributed by atoms with van der Waals surface area (Å²) in [5.41, 5.74) is 5.86. The average molecular weight is 292 g/mol. The van der Waals surface area contributed by atoms with E-state index in [1.807, 2.05) is 0 Å². The fraction of sp³-hybridized carbons (Fsp3) is 0.571. The first kappa shape index (κ1) is 13.6. The summed E-state index contributed by atoms with van der Waals surface area (Å²) in [5, 5.41) is 4.65. The van der Waals surface area contributed by atoms with Gasteiger partial charge in [0.1, 0.15) is 10.6 Å². The molecule has 3 rings (SSSR count). The maximum Gasteiger partial charge on any atom is 0.223 e. The Labute approximate surface area is 122 Å². The number of rotatable bonds is 3. The number of aromatic nitrogens is 2. The van der Waals surface area contributed by atoms with Gasteiger partial charge < -0.3 is 15.8 Å². The third-order valence-corrected chi connectivity index (χ3v) is 5.00. The van der Waals surface area contributed by atoms with Gasteiger partial charge in [-0.25, -0.2) is 4.98 Å². The van der Waals surface area contributed by atoms with Gasteiger partial charge >= 0.3 is 0 Å². The van der Waals surface area contributed by atoms with Gasteiger partial charge in [0.25, 0.3) is 0 Å². The first-order chi connectivity index (χ1) is 9.59. The molecule has 1 aliphatic heterocycles. The number of ether oxygens (including phenoxy) is 1. The minimum atomic E-state index is 0.0142. The lowest BCUT2D eigenvalue weighted by atomic mass is 9.92. The maximum absolute atomic E-state index is 5.84. The van der Waals surface area contributed by atoms with E-state index in [9.17, 15) is 0 Å². The molecule has 0 spiro atoms. The van der Waals surface area contributed by atoms with Crippen LogP contribution in [0.25, 0.3) is 10.2 Å². The zero-order chi connectivity index (χ0) is 14.2. The molecule has 0 amide bonds. The minimum Gasteiger partial charge on any atom is -0.381 e. The molecule has 0 bridgehead atoms. The molecule has 3 N–H and O–H groups in total. The molecule has 3 heterocycles. The van der Waals surface area contributed by atoms with Gasteiger partial charge in [0.15, 0.2) is 0 Å². The summed E-state index contributed by atoms with van der Waals surface area (Å²) in [6.45, 7) is 5.94. The summed E-state index contributed by atoms with van der Waals surface area (Å²) in [4.78, 5) is 11.0. The molecule has 0 aromatic carbocycles. The SMILES string of the molecule is CCc1cc2c(NC3(C)CCOCC3)nc(N)nc2s1. The van der Waals surface area contributed by atoms with Gasteiger partial charge in [-0.05, 0) is 32.3 Å². The van der Waals surface area contributed by atoms with E-state index in [1.54, 1.807) is 11.3 Å². The Hall–Kier alpha value is -1.40. The summed E-state index contributed by atoms with van der Waals surface area (Å²) in [5.74, 6) is 1.19. The van der Waals surface area contributed by atoms with Gasteiger partial charge in [0.2, 0.25) is 5.95 Å². The van der Waals surface area contributed by atoms with E-state index < -0.39 is 0 Å². The lowest BCUT2D eigenvalue weighted by Gasteiger charge is -2.35. The summed E-state index contributed by atoms with van der Waals surface area (Å²) < 4.78 is 5.44. The Kier molecular flexibility index (Phi) is 3.52. The molecule has 1 fully saturated rings. The molecule has 5 nitrogen and oxygen atoms in total. The van der Waals surface area contributed by atoms with Crippen LogP contribution in [0.3, 0.4) is 0 Å². The molecule has 2 aromatic heterocycles. The van der Waals surface area contributed by atoms with Crippen molar-refractivity contribution in [2.75, 3.05) is 24.3 Å². The van der Waals surface area contributed by atoms with Gasteiger partial charge in [-0.3, -0.25) is 0 Å². The number of nitrogens with zero attached hydrogens (tertiary/aromatic N) is 2. The van der Waals surface area contributed by atoms with Crippen LogP contribution in [0, 0.1) is 0 Å². The predicted octanol–water partition coefficient (Wildman–Crippen LogP) is 2.82. The van der Waals surface area contributed by atoms with Crippen molar-refractivity contribution in [3.63, 3.8) is 0 Å². The lowest BCUT2D eigenvalue weighted by molar-refractivity contribution is 0.0657. The topological polar surface area (TPSA) is 73.1 Å². The van der Waals surface area contributed by atoms with Crippen molar-refractivity contribution < 1.29 is 4.74 Å². The number of anilines is 2. The van der Waals surface area contributed by atoms with Gasteiger partial charge in [-0.2, -0.15) is 4.98 Å². The third kappa shape index (κ3) is 2.58. The van der Waals surface area contributed by atoms with E-state index in [2.05, 4.69) is 35.2 Å². The van der Waals surface area contributed by atoms with E-state index in [0.29, 0.717) is 5.95 Å². The number of hydrogen-bond donors (Lipinski definition) is 2. The van der Waals surface area contributed by atoms with Crippen molar-refractivity contribution in [2.24, 2.45) is 0 Å². The number of aryl methyl sites for hydroxylation is 1. The van der Waals surface area contributed by atoms with Crippen LogP contribution in [0.1, 0.15) is 31.6 Å². The van der Waals surface area contributed by atoms with Crippen LogP contribution in [0.15, 0.2) is 6.07 Å².